The van der Waals surface area contributed by atoms with Gasteiger partial charge in [-0.25, -0.2) is 0 Å². The lowest BCUT2D eigenvalue weighted by atomic mass is 9.87. The van der Waals surface area contributed by atoms with Crippen molar-refractivity contribution in [2.24, 2.45) is 5.92 Å². The molecule has 0 fully saturated rings. The third kappa shape index (κ3) is 4.67. The number of carbonyl (C=O) groups is 1. The summed E-state index contributed by atoms with van der Waals surface area (Å²) in [6, 6.07) is 13.3. The first kappa shape index (κ1) is 20.6. The molecule has 29 heavy (non-hydrogen) atoms. The van der Waals surface area contributed by atoms with E-state index >= 15 is 0 Å². The maximum atomic E-state index is 12.6. The van der Waals surface area contributed by atoms with Gasteiger partial charge in [-0.3, -0.25) is 10.0 Å². The zero-order valence-corrected chi connectivity index (χ0v) is 16.6. The third-order valence-electron chi connectivity index (χ3n) is 5.09. The third-order valence-corrected chi connectivity index (χ3v) is 5.09. The minimum Gasteiger partial charge on any atom is -0.733 e. The highest BCUT2D eigenvalue weighted by Gasteiger charge is 2.23. The Bertz CT molecular complexity index is 934. The molecule has 0 saturated heterocycles. The van der Waals surface area contributed by atoms with Gasteiger partial charge in [0.25, 0.3) is 0 Å². The molecule has 2 aromatic carbocycles. The molecule has 0 saturated carbocycles. The minimum absolute atomic E-state index is 0.0237. The molecule has 0 bridgehead atoms. The molecule has 1 aliphatic rings. The maximum absolute atomic E-state index is 12.6. The molecular formula is C22H25N4O3-. The zero-order chi connectivity index (χ0) is 21.0. The summed E-state index contributed by atoms with van der Waals surface area (Å²) in [6.45, 7) is 4.80. The van der Waals surface area contributed by atoms with Gasteiger partial charge in [-0.1, -0.05) is 38.1 Å². The van der Waals surface area contributed by atoms with Crippen LogP contribution in [0.5, 0.6) is 0 Å². The van der Waals surface area contributed by atoms with E-state index in [0.29, 0.717) is 18.0 Å². The Hall–Kier alpha value is -3.08. The first-order valence-corrected chi connectivity index (χ1v) is 9.72. The lowest BCUT2D eigenvalue weighted by Crippen LogP contribution is -2.30. The van der Waals surface area contributed by atoms with Crippen LogP contribution < -0.4 is 15.9 Å². The van der Waals surface area contributed by atoms with Crippen molar-refractivity contribution in [1.29, 1.82) is 5.26 Å². The van der Waals surface area contributed by atoms with E-state index in [2.05, 4.69) is 24.5 Å². The molecule has 3 N–H and O–H groups in total. The number of nitrogens with zero attached hydrogens (tertiary/aromatic N) is 2. The van der Waals surface area contributed by atoms with Crippen molar-refractivity contribution < 1.29 is 10.0 Å². The highest BCUT2D eigenvalue weighted by atomic mass is 16.8. The molecule has 1 heterocycles. The van der Waals surface area contributed by atoms with Crippen molar-refractivity contribution in [3.05, 3.63) is 52.7 Å². The number of hydrogen-bond acceptors (Lipinski definition) is 6. The Morgan fingerprint density at radius 1 is 1.34 bits per heavy atom. The average molecular weight is 393 g/mol. The van der Waals surface area contributed by atoms with Gasteiger partial charge in [0, 0.05) is 6.54 Å². The second-order valence-corrected chi connectivity index (χ2v) is 7.66. The molecule has 152 valence electrons. The molecule has 1 unspecified atom stereocenters. The van der Waals surface area contributed by atoms with Crippen LogP contribution in [0.1, 0.15) is 37.3 Å². The highest BCUT2D eigenvalue weighted by Crippen LogP contribution is 2.38. The van der Waals surface area contributed by atoms with Crippen molar-refractivity contribution >= 4 is 17.3 Å². The number of hydrogen-bond donors (Lipinski definition) is 3. The van der Waals surface area contributed by atoms with Gasteiger partial charge in [-0.05, 0) is 53.1 Å². The molecule has 3 rings (SSSR count). The molecule has 0 aliphatic carbocycles. The Labute approximate surface area is 170 Å². The van der Waals surface area contributed by atoms with E-state index in [0.717, 1.165) is 35.2 Å². The summed E-state index contributed by atoms with van der Waals surface area (Å²) in [7, 11) is 0. The predicted molar refractivity (Wildman–Crippen MR) is 113 cm³/mol. The van der Waals surface area contributed by atoms with Crippen LogP contribution in [0.2, 0.25) is 0 Å². The predicted octanol–water partition coefficient (Wildman–Crippen LogP) is 3.78. The fourth-order valence-corrected chi connectivity index (χ4v) is 3.78. The lowest BCUT2D eigenvalue weighted by molar-refractivity contribution is -0.122. The molecule has 7 nitrogen and oxygen atoms in total. The van der Waals surface area contributed by atoms with Gasteiger partial charge in [0.15, 0.2) is 0 Å². The number of rotatable bonds is 7. The lowest BCUT2D eigenvalue weighted by Gasteiger charge is -2.25. The summed E-state index contributed by atoms with van der Waals surface area (Å²) in [4.78, 5) is 12.6. The number of benzene rings is 2. The van der Waals surface area contributed by atoms with E-state index in [1.54, 1.807) is 6.07 Å². The molecule has 0 aromatic heterocycles. The Morgan fingerprint density at radius 3 is 2.83 bits per heavy atom. The van der Waals surface area contributed by atoms with Gasteiger partial charge in [0.2, 0.25) is 5.91 Å². The first-order valence-electron chi connectivity index (χ1n) is 9.72. The number of anilines is 2. The van der Waals surface area contributed by atoms with E-state index in [9.17, 15) is 15.2 Å². The van der Waals surface area contributed by atoms with Crippen LogP contribution in [0.3, 0.4) is 0 Å². The van der Waals surface area contributed by atoms with Crippen LogP contribution in [0.4, 0.5) is 11.4 Å². The van der Waals surface area contributed by atoms with Gasteiger partial charge in [0.1, 0.15) is 6.54 Å². The van der Waals surface area contributed by atoms with Crippen LogP contribution in [0.15, 0.2) is 36.4 Å². The Balaban J connectivity index is 1.99. The van der Waals surface area contributed by atoms with Crippen molar-refractivity contribution in [3.8, 4) is 17.2 Å². The summed E-state index contributed by atoms with van der Waals surface area (Å²) < 4.78 is 0. The van der Waals surface area contributed by atoms with Crippen LogP contribution in [-0.4, -0.2) is 24.2 Å². The quantitative estimate of drug-likeness (QED) is 0.487. The summed E-state index contributed by atoms with van der Waals surface area (Å²) in [5.41, 5.74) is 4.35. The summed E-state index contributed by atoms with van der Waals surface area (Å²) >= 11 is 0. The van der Waals surface area contributed by atoms with E-state index < -0.39 is 0 Å². The number of carbonyl (C=O) groups excluding carboxylic acids is 1. The molecule has 2 aromatic rings. The van der Waals surface area contributed by atoms with Crippen molar-refractivity contribution in [1.82, 2.24) is 5.32 Å². The maximum Gasteiger partial charge on any atom is 0.228 e. The van der Waals surface area contributed by atoms with Gasteiger partial charge in [0.05, 0.1) is 23.4 Å². The molecule has 1 aliphatic heterocycles. The minimum atomic E-state index is -0.368. The van der Waals surface area contributed by atoms with Crippen LogP contribution in [-0.2, 0) is 11.2 Å². The standard InChI is InChI=1S/C22H25N4O3/c1-14(2)10-19(22(27)25-9-7-23)16-5-3-4-15(11-16)18-12-17-6-8-24-21(17)20(13-18)26(28)29/h3-5,11-14,19,24,28H,6,8-10H2,1-2H3,(H,25,27)/q-1. The molecule has 0 spiro atoms. The average Bonchev–Trinajstić information content (AvgIpc) is 3.18. The van der Waals surface area contributed by atoms with Crippen molar-refractivity contribution in [2.75, 3.05) is 23.6 Å². The fraction of sp³-hybridized carbons (Fsp3) is 0.364. The molecule has 1 amide bonds. The topological polar surface area (TPSA) is 111 Å². The van der Waals surface area contributed by atoms with E-state index in [4.69, 9.17) is 5.26 Å². The second kappa shape index (κ2) is 8.95. The molecule has 0 radical (unpaired) electrons. The van der Waals surface area contributed by atoms with Crippen LogP contribution in [0.25, 0.3) is 11.1 Å². The number of fused-ring (bicyclic) bond motifs is 1. The van der Waals surface area contributed by atoms with E-state index in [1.165, 1.54) is 0 Å². The summed E-state index contributed by atoms with van der Waals surface area (Å²) in [5, 5.41) is 35.6. The van der Waals surface area contributed by atoms with Crippen LogP contribution >= 0.6 is 0 Å². The van der Waals surface area contributed by atoms with Gasteiger partial charge in [-0.2, -0.15) is 5.26 Å². The Morgan fingerprint density at radius 2 is 2.14 bits per heavy atom. The van der Waals surface area contributed by atoms with E-state index in [-0.39, 0.29) is 29.3 Å². The van der Waals surface area contributed by atoms with E-state index in [1.807, 2.05) is 36.4 Å². The van der Waals surface area contributed by atoms with Gasteiger partial charge < -0.3 is 21.1 Å². The molecule has 7 heteroatoms. The Kier molecular flexibility index (Phi) is 6.37. The highest BCUT2D eigenvalue weighted by molar-refractivity contribution is 5.85. The number of nitrogens with one attached hydrogen (secondary N) is 2. The number of amides is 1. The fourth-order valence-electron chi connectivity index (χ4n) is 3.78. The summed E-state index contributed by atoms with van der Waals surface area (Å²) in [6.07, 6.45) is 1.43. The van der Waals surface area contributed by atoms with Crippen LogP contribution in [0, 0.1) is 22.5 Å². The van der Waals surface area contributed by atoms with Crippen molar-refractivity contribution in [3.63, 3.8) is 0 Å². The molecular weight excluding hydrogens is 368 g/mol. The van der Waals surface area contributed by atoms with Gasteiger partial charge >= 0.3 is 0 Å². The summed E-state index contributed by atoms with van der Waals surface area (Å²) in [5.74, 6) is -0.234. The SMILES string of the molecule is CC(C)CC(C(=O)NCC#N)c1cccc(-c2cc3c(c(N([O-])O)c2)NCC3)c1. The number of nitriles is 1. The van der Waals surface area contributed by atoms with Gasteiger partial charge in [-0.15, -0.1) is 0 Å². The zero-order valence-electron chi connectivity index (χ0n) is 16.6. The largest absolute Gasteiger partial charge is 0.733 e. The smallest absolute Gasteiger partial charge is 0.228 e. The normalized spacial score (nSPS) is 13.4. The van der Waals surface area contributed by atoms with Crippen molar-refractivity contribution in [2.45, 2.75) is 32.6 Å². The molecule has 1 atom stereocenters. The second-order valence-electron chi connectivity index (χ2n) is 7.66. The first-order chi connectivity index (χ1) is 13.9. The monoisotopic (exact) mass is 393 g/mol.